The van der Waals surface area contributed by atoms with E-state index in [0.717, 1.165) is 17.7 Å². The minimum Gasteiger partial charge on any atom is -0.338 e. The molecule has 2 N–H and O–H groups in total. The molecule has 1 aromatic heterocycles. The molecule has 3 aromatic rings. The Bertz CT molecular complexity index is 1020. The molecule has 1 heterocycles. The normalized spacial score (nSPS) is 10.5. The standard InChI is InChI=1S/C20H18F2N4O2/c21-15-7-8-18(16(22)13-15)24-20(28)23-11-4-12-26-19(27)10-9-17(25-26)14-5-2-1-3-6-14/h1-3,5-10,13H,4,11-12H2,(H2,23,24,28). The highest BCUT2D eigenvalue weighted by atomic mass is 19.1. The molecule has 0 atom stereocenters. The number of benzene rings is 2. The average molecular weight is 384 g/mol. The minimum absolute atomic E-state index is 0.118. The van der Waals surface area contributed by atoms with E-state index in [-0.39, 0.29) is 17.8 Å². The van der Waals surface area contributed by atoms with Gasteiger partial charge in [0.2, 0.25) is 0 Å². The number of carbonyl (C=O) groups excluding carboxylic acids is 1. The van der Waals surface area contributed by atoms with Crippen molar-refractivity contribution in [3.05, 3.63) is 82.7 Å². The van der Waals surface area contributed by atoms with Gasteiger partial charge >= 0.3 is 6.03 Å². The second-order valence-electron chi connectivity index (χ2n) is 6.00. The Kier molecular flexibility index (Phi) is 6.11. The van der Waals surface area contributed by atoms with E-state index < -0.39 is 17.7 Å². The summed E-state index contributed by atoms with van der Waals surface area (Å²) in [4.78, 5) is 23.8. The van der Waals surface area contributed by atoms with Crippen molar-refractivity contribution in [2.24, 2.45) is 0 Å². The van der Waals surface area contributed by atoms with Gasteiger partial charge in [-0.3, -0.25) is 4.79 Å². The van der Waals surface area contributed by atoms with Crippen LogP contribution in [0.3, 0.4) is 0 Å². The Morgan fingerprint density at radius 2 is 1.82 bits per heavy atom. The maximum Gasteiger partial charge on any atom is 0.319 e. The topological polar surface area (TPSA) is 76.0 Å². The highest BCUT2D eigenvalue weighted by Gasteiger charge is 2.08. The van der Waals surface area contributed by atoms with Gasteiger partial charge in [0.05, 0.1) is 11.4 Å². The first kappa shape index (κ1) is 19.2. The third kappa shape index (κ3) is 5.00. The Morgan fingerprint density at radius 1 is 1.04 bits per heavy atom. The summed E-state index contributed by atoms with van der Waals surface area (Å²) in [5.41, 5.74) is 1.22. The van der Waals surface area contributed by atoms with Crippen molar-refractivity contribution in [1.29, 1.82) is 0 Å². The van der Waals surface area contributed by atoms with E-state index in [9.17, 15) is 18.4 Å². The number of halogens is 2. The maximum absolute atomic E-state index is 13.5. The molecule has 0 aliphatic heterocycles. The molecule has 0 radical (unpaired) electrons. The lowest BCUT2D eigenvalue weighted by atomic mass is 10.1. The summed E-state index contributed by atoms with van der Waals surface area (Å²) in [6.07, 6.45) is 0.449. The van der Waals surface area contributed by atoms with E-state index in [4.69, 9.17) is 0 Å². The number of hydrogen-bond acceptors (Lipinski definition) is 3. The number of anilines is 1. The molecule has 0 saturated heterocycles. The number of carbonyl (C=O) groups is 1. The molecule has 0 spiro atoms. The van der Waals surface area contributed by atoms with Crippen LogP contribution in [0, 0.1) is 11.6 Å². The van der Waals surface area contributed by atoms with Gasteiger partial charge in [0.1, 0.15) is 11.6 Å². The molecule has 28 heavy (non-hydrogen) atoms. The van der Waals surface area contributed by atoms with Gasteiger partial charge in [-0.2, -0.15) is 5.10 Å². The molecule has 2 aromatic carbocycles. The summed E-state index contributed by atoms with van der Waals surface area (Å²) >= 11 is 0. The molecule has 6 nitrogen and oxygen atoms in total. The Morgan fingerprint density at radius 3 is 2.57 bits per heavy atom. The molecule has 0 aliphatic rings. The van der Waals surface area contributed by atoms with E-state index in [1.807, 2.05) is 30.3 Å². The van der Waals surface area contributed by atoms with E-state index in [0.29, 0.717) is 24.7 Å². The van der Waals surface area contributed by atoms with Crippen LogP contribution >= 0.6 is 0 Å². The fourth-order valence-corrected chi connectivity index (χ4v) is 2.56. The van der Waals surface area contributed by atoms with Gasteiger partial charge in [0.25, 0.3) is 5.56 Å². The monoisotopic (exact) mass is 384 g/mol. The molecule has 0 saturated carbocycles. The number of aryl methyl sites for hydroxylation is 1. The van der Waals surface area contributed by atoms with Crippen molar-refractivity contribution in [2.45, 2.75) is 13.0 Å². The molecule has 0 bridgehead atoms. The molecule has 144 valence electrons. The van der Waals surface area contributed by atoms with Crippen molar-refractivity contribution >= 4 is 11.7 Å². The van der Waals surface area contributed by atoms with Crippen molar-refractivity contribution in [3.8, 4) is 11.3 Å². The second kappa shape index (κ2) is 8.90. The van der Waals surface area contributed by atoms with Gasteiger partial charge in [0, 0.05) is 30.8 Å². The summed E-state index contributed by atoms with van der Waals surface area (Å²) in [5, 5.41) is 9.20. The molecular formula is C20H18F2N4O2. The lowest BCUT2D eigenvalue weighted by Gasteiger charge is -2.10. The van der Waals surface area contributed by atoms with E-state index in [2.05, 4.69) is 15.7 Å². The van der Waals surface area contributed by atoms with E-state index in [1.165, 1.54) is 10.7 Å². The molecule has 0 unspecified atom stereocenters. The van der Waals surface area contributed by atoms with Crippen LogP contribution in [0.5, 0.6) is 0 Å². The van der Waals surface area contributed by atoms with Gasteiger partial charge in [0.15, 0.2) is 0 Å². The first-order chi connectivity index (χ1) is 13.5. The molecule has 0 fully saturated rings. The van der Waals surface area contributed by atoms with Gasteiger partial charge in [-0.1, -0.05) is 30.3 Å². The van der Waals surface area contributed by atoms with Crippen LogP contribution < -0.4 is 16.2 Å². The molecule has 8 heteroatoms. The zero-order chi connectivity index (χ0) is 19.9. The summed E-state index contributed by atoms with van der Waals surface area (Å²) in [7, 11) is 0. The highest BCUT2D eigenvalue weighted by molar-refractivity contribution is 5.89. The van der Waals surface area contributed by atoms with Crippen LogP contribution in [-0.4, -0.2) is 22.4 Å². The molecule has 0 aliphatic carbocycles. The third-order valence-electron chi connectivity index (χ3n) is 3.95. The van der Waals surface area contributed by atoms with Crippen molar-refractivity contribution in [2.75, 3.05) is 11.9 Å². The maximum atomic E-state index is 13.5. The van der Waals surface area contributed by atoms with Crippen LogP contribution in [0.1, 0.15) is 6.42 Å². The van der Waals surface area contributed by atoms with Crippen LogP contribution in [0.4, 0.5) is 19.3 Å². The predicted molar refractivity (Wildman–Crippen MR) is 102 cm³/mol. The van der Waals surface area contributed by atoms with Gasteiger partial charge in [-0.05, 0) is 24.6 Å². The fourth-order valence-electron chi connectivity index (χ4n) is 2.56. The van der Waals surface area contributed by atoms with Crippen LogP contribution in [-0.2, 0) is 6.54 Å². The van der Waals surface area contributed by atoms with Crippen molar-refractivity contribution in [3.63, 3.8) is 0 Å². The van der Waals surface area contributed by atoms with Gasteiger partial charge < -0.3 is 10.6 Å². The Labute approximate surface area is 159 Å². The lowest BCUT2D eigenvalue weighted by Crippen LogP contribution is -2.31. The summed E-state index contributed by atoms with van der Waals surface area (Å²) in [5.74, 6) is -1.58. The number of nitrogens with one attached hydrogen (secondary N) is 2. The largest absolute Gasteiger partial charge is 0.338 e. The summed E-state index contributed by atoms with van der Waals surface area (Å²) in [6, 6.07) is 14.8. The predicted octanol–water partition coefficient (Wildman–Crippen LogP) is 3.40. The number of aromatic nitrogens is 2. The van der Waals surface area contributed by atoms with E-state index >= 15 is 0 Å². The molecule has 3 rings (SSSR count). The molecule has 2 amide bonds. The number of amides is 2. The Hall–Kier alpha value is -3.55. The van der Waals surface area contributed by atoms with Crippen molar-refractivity contribution in [1.82, 2.24) is 15.1 Å². The number of urea groups is 1. The van der Waals surface area contributed by atoms with Gasteiger partial charge in [-0.15, -0.1) is 0 Å². The molecular weight excluding hydrogens is 366 g/mol. The first-order valence-electron chi connectivity index (χ1n) is 8.66. The lowest BCUT2D eigenvalue weighted by molar-refractivity contribution is 0.251. The summed E-state index contributed by atoms with van der Waals surface area (Å²) in [6.45, 7) is 0.559. The second-order valence-corrected chi connectivity index (χ2v) is 6.00. The summed E-state index contributed by atoms with van der Waals surface area (Å²) < 4.78 is 27.7. The minimum atomic E-state index is -0.858. The SMILES string of the molecule is O=C(NCCCn1nc(-c2ccccc2)ccc1=O)Nc1ccc(F)cc1F. The number of rotatable bonds is 6. The van der Waals surface area contributed by atoms with Crippen LogP contribution in [0.2, 0.25) is 0 Å². The highest BCUT2D eigenvalue weighted by Crippen LogP contribution is 2.15. The third-order valence-corrected chi connectivity index (χ3v) is 3.95. The first-order valence-corrected chi connectivity index (χ1v) is 8.66. The Balaban J connectivity index is 1.52. The van der Waals surface area contributed by atoms with Crippen molar-refractivity contribution < 1.29 is 13.6 Å². The quantitative estimate of drug-likeness (QED) is 0.640. The zero-order valence-corrected chi connectivity index (χ0v) is 14.9. The van der Waals surface area contributed by atoms with E-state index in [1.54, 1.807) is 6.07 Å². The van der Waals surface area contributed by atoms with Gasteiger partial charge in [-0.25, -0.2) is 18.3 Å². The smallest absolute Gasteiger partial charge is 0.319 e. The van der Waals surface area contributed by atoms with Crippen LogP contribution in [0.15, 0.2) is 65.5 Å². The average Bonchev–Trinajstić information content (AvgIpc) is 2.69. The number of hydrogen-bond donors (Lipinski definition) is 2. The fraction of sp³-hybridized carbons (Fsp3) is 0.150. The number of nitrogens with zero attached hydrogens (tertiary/aromatic N) is 2. The van der Waals surface area contributed by atoms with Crippen LogP contribution in [0.25, 0.3) is 11.3 Å². The zero-order valence-electron chi connectivity index (χ0n) is 14.9.